The van der Waals surface area contributed by atoms with Crippen molar-refractivity contribution in [1.29, 1.82) is 0 Å². The summed E-state index contributed by atoms with van der Waals surface area (Å²) in [6.07, 6.45) is -0.526. The van der Waals surface area contributed by atoms with Crippen LogP contribution in [0.4, 0.5) is 0 Å². The third kappa shape index (κ3) is 2.03. The van der Waals surface area contributed by atoms with Gasteiger partial charge in [0.2, 0.25) is 5.91 Å². The molecule has 108 valence electrons. The third-order valence-corrected chi connectivity index (χ3v) is 3.86. The van der Waals surface area contributed by atoms with Crippen LogP contribution in [0.5, 0.6) is 0 Å². The molecule has 0 spiro atoms. The van der Waals surface area contributed by atoms with Gasteiger partial charge in [-0.1, -0.05) is 20.8 Å². The maximum absolute atomic E-state index is 12.4. The Bertz CT molecular complexity index is 404. The fourth-order valence-electron chi connectivity index (χ4n) is 3.13. The highest BCUT2D eigenvalue weighted by atomic mass is 16.7. The fourth-order valence-corrected chi connectivity index (χ4v) is 3.13. The molecule has 0 N–H and O–H groups in total. The summed E-state index contributed by atoms with van der Waals surface area (Å²) in [4.78, 5) is 31.7. The molecule has 0 saturated carbocycles. The molecule has 19 heavy (non-hydrogen) atoms. The molecular weight excluding hydrogens is 248 g/mol. The number of nitrogens with zero attached hydrogens (tertiary/aromatic N) is 2. The summed E-state index contributed by atoms with van der Waals surface area (Å²) in [7, 11) is 3.08. The molecule has 2 saturated heterocycles. The molecule has 4 atom stereocenters. The Hall–Kier alpha value is -1.14. The Balaban J connectivity index is 2.36. The Labute approximate surface area is 113 Å². The molecule has 0 aromatic carbocycles. The Morgan fingerprint density at radius 1 is 1.37 bits per heavy atom. The van der Waals surface area contributed by atoms with Gasteiger partial charge < -0.3 is 9.64 Å². The Kier molecular flexibility index (Phi) is 3.35. The van der Waals surface area contributed by atoms with E-state index >= 15 is 0 Å². The zero-order chi connectivity index (χ0) is 14.5. The first-order valence-corrected chi connectivity index (χ1v) is 6.49. The van der Waals surface area contributed by atoms with Crippen LogP contribution in [0.1, 0.15) is 27.7 Å². The summed E-state index contributed by atoms with van der Waals surface area (Å²) in [5.74, 6) is -1.04. The van der Waals surface area contributed by atoms with Crippen LogP contribution in [0, 0.1) is 11.3 Å². The lowest BCUT2D eigenvalue weighted by molar-refractivity contribution is -0.205. The van der Waals surface area contributed by atoms with E-state index in [2.05, 4.69) is 0 Å². The van der Waals surface area contributed by atoms with E-state index in [1.54, 1.807) is 23.9 Å². The van der Waals surface area contributed by atoms with E-state index in [4.69, 9.17) is 9.57 Å². The van der Waals surface area contributed by atoms with E-state index < -0.39 is 17.9 Å². The van der Waals surface area contributed by atoms with Crippen LogP contribution >= 0.6 is 0 Å². The Morgan fingerprint density at radius 3 is 2.42 bits per heavy atom. The number of likely N-dealkylation sites (N-methyl/N-ethyl adjacent to an activating group) is 1. The number of rotatable bonds is 1. The van der Waals surface area contributed by atoms with Gasteiger partial charge >= 0.3 is 5.97 Å². The topological polar surface area (TPSA) is 59.1 Å². The first-order valence-electron chi connectivity index (χ1n) is 6.49. The minimum atomic E-state index is -0.573. The van der Waals surface area contributed by atoms with Gasteiger partial charge in [-0.25, -0.2) is 0 Å². The molecule has 0 bridgehead atoms. The van der Waals surface area contributed by atoms with E-state index in [-0.39, 0.29) is 23.6 Å². The highest BCUT2D eigenvalue weighted by Crippen LogP contribution is 2.42. The van der Waals surface area contributed by atoms with Crippen LogP contribution in [0.2, 0.25) is 0 Å². The van der Waals surface area contributed by atoms with Crippen molar-refractivity contribution in [3.63, 3.8) is 0 Å². The van der Waals surface area contributed by atoms with Gasteiger partial charge in [0.05, 0.1) is 13.2 Å². The lowest BCUT2D eigenvalue weighted by atomic mass is 9.91. The van der Waals surface area contributed by atoms with Gasteiger partial charge in [0.25, 0.3) is 0 Å². The molecule has 1 amide bonds. The van der Waals surface area contributed by atoms with E-state index in [0.29, 0.717) is 0 Å². The maximum Gasteiger partial charge on any atom is 0.313 e. The SMILES string of the molecule is COC(=O)[C@@H]1[C@H](C)ON2[C@@H]1C(=O)N(C)[C@@H]2C(C)(C)C. The number of hydroxylamine groups is 2. The second-order valence-electron chi connectivity index (χ2n) is 6.35. The molecule has 0 aliphatic carbocycles. The minimum absolute atomic E-state index is 0.0836. The lowest BCUT2D eigenvalue weighted by Gasteiger charge is -2.36. The molecule has 0 unspecified atom stereocenters. The average Bonchev–Trinajstić information content (AvgIpc) is 2.73. The fraction of sp³-hybridized carbons (Fsp3) is 0.846. The second-order valence-corrected chi connectivity index (χ2v) is 6.35. The van der Waals surface area contributed by atoms with Gasteiger partial charge in [0, 0.05) is 7.05 Å². The van der Waals surface area contributed by atoms with E-state index in [1.165, 1.54) is 7.11 Å². The number of hydrogen-bond donors (Lipinski definition) is 0. The standard InChI is InChI=1S/C13H22N2O4/c1-7-8(11(17)18-6)9-10(16)14(5)12(13(2,3)4)15(9)19-7/h7-9,12H,1-6H3/t7-,8+,9-,12-/m0/s1. The van der Waals surface area contributed by atoms with Crippen molar-refractivity contribution in [2.24, 2.45) is 11.3 Å². The zero-order valence-electron chi connectivity index (χ0n) is 12.3. The van der Waals surface area contributed by atoms with Crippen molar-refractivity contribution in [2.75, 3.05) is 14.2 Å². The van der Waals surface area contributed by atoms with E-state index in [0.717, 1.165) is 0 Å². The number of carbonyl (C=O) groups excluding carboxylic acids is 2. The van der Waals surface area contributed by atoms with Crippen LogP contribution in [-0.2, 0) is 19.2 Å². The highest BCUT2D eigenvalue weighted by Gasteiger charge is 2.60. The summed E-state index contributed by atoms with van der Waals surface area (Å²) in [5.41, 5.74) is -0.163. The minimum Gasteiger partial charge on any atom is -0.469 e. The van der Waals surface area contributed by atoms with Gasteiger partial charge in [-0.3, -0.25) is 14.4 Å². The Morgan fingerprint density at radius 2 is 1.95 bits per heavy atom. The van der Waals surface area contributed by atoms with Crippen molar-refractivity contribution < 1.29 is 19.2 Å². The number of carbonyl (C=O) groups is 2. The third-order valence-electron chi connectivity index (χ3n) is 3.86. The van der Waals surface area contributed by atoms with Gasteiger partial charge in [-0.15, -0.1) is 0 Å². The number of amides is 1. The number of hydrogen-bond acceptors (Lipinski definition) is 5. The zero-order valence-corrected chi connectivity index (χ0v) is 12.3. The molecule has 0 aromatic rings. The molecular formula is C13H22N2O4. The van der Waals surface area contributed by atoms with Crippen molar-refractivity contribution in [1.82, 2.24) is 9.96 Å². The first kappa shape index (κ1) is 14.3. The van der Waals surface area contributed by atoms with E-state index in [1.807, 2.05) is 20.8 Å². The molecule has 6 heteroatoms. The first-order chi connectivity index (χ1) is 8.70. The highest BCUT2D eigenvalue weighted by molar-refractivity contribution is 5.90. The molecule has 0 aromatic heterocycles. The molecule has 2 rings (SSSR count). The summed E-state index contributed by atoms with van der Waals surface area (Å²) >= 11 is 0. The van der Waals surface area contributed by atoms with Crippen molar-refractivity contribution >= 4 is 11.9 Å². The molecule has 0 radical (unpaired) electrons. The van der Waals surface area contributed by atoms with Crippen LogP contribution in [0.25, 0.3) is 0 Å². The summed E-state index contributed by atoms with van der Waals surface area (Å²) in [6.45, 7) is 7.93. The number of ether oxygens (including phenoxy) is 1. The van der Waals surface area contributed by atoms with E-state index in [9.17, 15) is 9.59 Å². The quantitative estimate of drug-likeness (QED) is 0.654. The number of fused-ring (bicyclic) bond motifs is 1. The smallest absolute Gasteiger partial charge is 0.313 e. The number of esters is 1. The van der Waals surface area contributed by atoms with Crippen LogP contribution in [0.3, 0.4) is 0 Å². The van der Waals surface area contributed by atoms with Gasteiger partial charge in [-0.05, 0) is 12.3 Å². The van der Waals surface area contributed by atoms with Crippen LogP contribution in [0.15, 0.2) is 0 Å². The van der Waals surface area contributed by atoms with Crippen molar-refractivity contribution in [2.45, 2.75) is 46.0 Å². The predicted octanol–water partition coefficient (Wildman–Crippen LogP) is 0.624. The summed E-state index contributed by atoms with van der Waals surface area (Å²) in [5, 5.41) is 1.68. The van der Waals surface area contributed by atoms with Crippen LogP contribution < -0.4 is 0 Å². The largest absolute Gasteiger partial charge is 0.469 e. The van der Waals surface area contributed by atoms with Gasteiger partial charge in [0.1, 0.15) is 18.1 Å². The maximum atomic E-state index is 12.4. The average molecular weight is 270 g/mol. The van der Waals surface area contributed by atoms with Crippen LogP contribution in [-0.4, -0.2) is 54.3 Å². The van der Waals surface area contributed by atoms with Gasteiger partial charge in [-0.2, -0.15) is 5.06 Å². The summed E-state index contributed by atoms with van der Waals surface area (Å²) in [6, 6.07) is -0.573. The van der Waals surface area contributed by atoms with Crippen molar-refractivity contribution in [3.05, 3.63) is 0 Å². The lowest BCUT2D eigenvalue weighted by Crippen LogP contribution is -2.46. The summed E-state index contributed by atoms with van der Waals surface area (Å²) < 4.78 is 4.80. The predicted molar refractivity (Wildman–Crippen MR) is 67.7 cm³/mol. The number of methoxy groups -OCH3 is 1. The molecule has 2 heterocycles. The molecule has 2 fully saturated rings. The molecule has 6 nitrogen and oxygen atoms in total. The molecule has 2 aliphatic rings. The van der Waals surface area contributed by atoms with Gasteiger partial charge in [0.15, 0.2) is 0 Å². The second kappa shape index (κ2) is 4.45. The molecule has 2 aliphatic heterocycles. The van der Waals surface area contributed by atoms with Crippen molar-refractivity contribution in [3.8, 4) is 0 Å². The monoisotopic (exact) mass is 270 g/mol. The normalized spacial score (nSPS) is 35.7.